The van der Waals surface area contributed by atoms with Gasteiger partial charge in [0.1, 0.15) is 0 Å². The van der Waals surface area contributed by atoms with Gasteiger partial charge >= 0.3 is 0 Å². The summed E-state index contributed by atoms with van der Waals surface area (Å²) in [6.07, 6.45) is 9.44. The van der Waals surface area contributed by atoms with Crippen molar-refractivity contribution in [2.45, 2.75) is 57.3 Å². The van der Waals surface area contributed by atoms with Crippen molar-refractivity contribution in [3.63, 3.8) is 0 Å². The van der Waals surface area contributed by atoms with Gasteiger partial charge in [0, 0.05) is 24.8 Å². The summed E-state index contributed by atoms with van der Waals surface area (Å²) in [7, 11) is 0. The molecule has 1 saturated carbocycles. The second kappa shape index (κ2) is 10.4. The van der Waals surface area contributed by atoms with Crippen LogP contribution in [-0.4, -0.2) is 71.8 Å². The van der Waals surface area contributed by atoms with Crippen molar-refractivity contribution in [2.24, 2.45) is 0 Å². The molecule has 206 valence electrons. The van der Waals surface area contributed by atoms with Crippen molar-refractivity contribution in [3.8, 4) is 11.3 Å². The molecule has 40 heavy (non-hydrogen) atoms. The van der Waals surface area contributed by atoms with E-state index in [4.69, 9.17) is 9.72 Å². The van der Waals surface area contributed by atoms with Crippen LogP contribution >= 0.6 is 0 Å². The molecule has 1 aromatic carbocycles. The molecule has 7 rings (SSSR count). The Morgan fingerprint density at radius 3 is 2.80 bits per heavy atom. The van der Waals surface area contributed by atoms with E-state index in [0.29, 0.717) is 23.7 Å². The first kappa shape index (κ1) is 24.9. The van der Waals surface area contributed by atoms with E-state index in [9.17, 15) is 4.79 Å². The number of rotatable bonds is 7. The number of hydrogen-bond donors (Lipinski definition) is 3. The Bertz CT molecular complexity index is 1520. The van der Waals surface area contributed by atoms with E-state index in [-0.39, 0.29) is 11.9 Å². The lowest BCUT2D eigenvalue weighted by Crippen LogP contribution is -2.48. The Kier molecular flexibility index (Phi) is 6.48. The standard InChI is InChI=1S/C28H32N10O2/c1-17-25(12-30-34-17)33-28-29-9-7-23(32-28)18-5-6-22-19(11-18)13-37(21-15-40-16-21)10-8-24(22)31-27(39)26-14-38(36-35-26)20-3-2-4-20/h5-7,9,11-12,14,20-21,24H,2-4,8,10,13,15-16H2,1H3,(H,30,34)(H,31,39)(H,29,32,33)/t24-/m1/s1. The number of ether oxygens (including phenoxy) is 1. The van der Waals surface area contributed by atoms with Crippen LogP contribution in [0.4, 0.5) is 11.6 Å². The summed E-state index contributed by atoms with van der Waals surface area (Å²) >= 11 is 0. The van der Waals surface area contributed by atoms with Crippen molar-refractivity contribution < 1.29 is 9.53 Å². The molecular weight excluding hydrogens is 508 g/mol. The highest BCUT2D eigenvalue weighted by molar-refractivity contribution is 5.92. The average Bonchev–Trinajstić information content (AvgIpc) is 3.49. The molecule has 1 atom stereocenters. The number of H-pyrrole nitrogens is 1. The summed E-state index contributed by atoms with van der Waals surface area (Å²) in [5, 5.41) is 21.8. The molecule has 3 aliphatic rings. The molecular formula is C28H32N10O2. The first-order valence-electron chi connectivity index (χ1n) is 13.9. The lowest BCUT2D eigenvalue weighted by atomic mass is 9.93. The highest BCUT2D eigenvalue weighted by atomic mass is 16.5. The van der Waals surface area contributed by atoms with Crippen LogP contribution in [0, 0.1) is 6.92 Å². The third kappa shape index (κ3) is 4.84. The summed E-state index contributed by atoms with van der Waals surface area (Å²) in [4.78, 5) is 24.9. The number of benzene rings is 1. The number of anilines is 2. The zero-order valence-corrected chi connectivity index (χ0v) is 22.4. The van der Waals surface area contributed by atoms with Crippen LogP contribution in [0.1, 0.15) is 65.1 Å². The molecule has 2 aliphatic heterocycles. The number of carbonyl (C=O) groups is 1. The van der Waals surface area contributed by atoms with E-state index in [1.54, 1.807) is 18.6 Å². The van der Waals surface area contributed by atoms with Crippen LogP contribution in [0.5, 0.6) is 0 Å². The minimum Gasteiger partial charge on any atom is -0.378 e. The Hall–Kier alpha value is -4.16. The Labute approximate surface area is 231 Å². The van der Waals surface area contributed by atoms with Gasteiger partial charge in [0.05, 0.1) is 60.8 Å². The van der Waals surface area contributed by atoms with Crippen LogP contribution in [0.2, 0.25) is 0 Å². The Balaban J connectivity index is 1.15. The van der Waals surface area contributed by atoms with E-state index >= 15 is 0 Å². The molecule has 1 amide bonds. The van der Waals surface area contributed by atoms with Crippen LogP contribution in [-0.2, 0) is 11.3 Å². The summed E-state index contributed by atoms with van der Waals surface area (Å²) < 4.78 is 7.34. The van der Waals surface area contributed by atoms with Crippen LogP contribution in [0.25, 0.3) is 11.3 Å². The van der Waals surface area contributed by atoms with Gasteiger partial charge in [0.2, 0.25) is 5.95 Å². The van der Waals surface area contributed by atoms with Gasteiger partial charge in [-0.2, -0.15) is 5.10 Å². The first-order chi connectivity index (χ1) is 19.6. The van der Waals surface area contributed by atoms with Gasteiger partial charge < -0.3 is 15.4 Å². The highest BCUT2D eigenvalue weighted by Gasteiger charge is 2.32. The van der Waals surface area contributed by atoms with Gasteiger partial charge in [-0.25, -0.2) is 14.6 Å². The van der Waals surface area contributed by atoms with Crippen molar-refractivity contribution >= 4 is 17.5 Å². The molecule has 1 saturated heterocycles. The summed E-state index contributed by atoms with van der Waals surface area (Å²) in [6, 6.07) is 8.91. The maximum absolute atomic E-state index is 13.2. The maximum Gasteiger partial charge on any atom is 0.273 e. The lowest BCUT2D eigenvalue weighted by molar-refractivity contribution is -0.0678. The maximum atomic E-state index is 13.2. The van der Waals surface area contributed by atoms with Gasteiger partial charge in [-0.1, -0.05) is 17.3 Å². The van der Waals surface area contributed by atoms with E-state index in [2.05, 4.69) is 59.2 Å². The topological polar surface area (TPSA) is 139 Å². The van der Waals surface area contributed by atoms with E-state index < -0.39 is 0 Å². The van der Waals surface area contributed by atoms with E-state index in [1.165, 1.54) is 12.0 Å². The van der Waals surface area contributed by atoms with Gasteiger partial charge in [-0.05, 0) is 55.9 Å². The fraction of sp³-hybridized carbons (Fsp3) is 0.429. The number of aromatic amines is 1. The lowest BCUT2D eigenvalue weighted by Gasteiger charge is -2.36. The third-order valence-electron chi connectivity index (χ3n) is 8.26. The first-order valence-corrected chi connectivity index (χ1v) is 13.9. The fourth-order valence-corrected chi connectivity index (χ4v) is 5.51. The number of carbonyl (C=O) groups excluding carboxylic acids is 1. The molecule has 0 bridgehead atoms. The molecule has 3 N–H and O–H groups in total. The number of hydrogen-bond acceptors (Lipinski definition) is 9. The normalized spacial score (nSPS) is 19.8. The zero-order valence-electron chi connectivity index (χ0n) is 22.4. The summed E-state index contributed by atoms with van der Waals surface area (Å²) in [6.45, 7) is 5.07. The summed E-state index contributed by atoms with van der Waals surface area (Å²) in [5.41, 5.74) is 6.22. The van der Waals surface area contributed by atoms with Gasteiger partial charge in [-0.3, -0.25) is 14.8 Å². The second-order valence-electron chi connectivity index (χ2n) is 10.9. The molecule has 4 aromatic rings. The fourth-order valence-electron chi connectivity index (χ4n) is 5.51. The molecule has 0 spiro atoms. The SMILES string of the molecule is Cc1[nH]ncc1Nc1nccc(-c2ccc3c(c2)CN(C2COC2)CC[C@H]3NC(=O)c2cn(C3CCC3)nn2)n1. The van der Waals surface area contributed by atoms with Gasteiger partial charge in [0.25, 0.3) is 5.91 Å². The van der Waals surface area contributed by atoms with Crippen LogP contribution in [0.3, 0.4) is 0 Å². The molecule has 0 radical (unpaired) electrons. The smallest absolute Gasteiger partial charge is 0.273 e. The predicted octanol–water partition coefficient (Wildman–Crippen LogP) is 3.31. The van der Waals surface area contributed by atoms with Gasteiger partial charge in [-0.15, -0.1) is 5.10 Å². The number of nitrogens with one attached hydrogen (secondary N) is 3. The van der Waals surface area contributed by atoms with Crippen molar-refractivity contribution in [2.75, 3.05) is 25.1 Å². The van der Waals surface area contributed by atoms with Crippen molar-refractivity contribution in [3.05, 3.63) is 65.4 Å². The highest BCUT2D eigenvalue weighted by Crippen LogP contribution is 2.33. The van der Waals surface area contributed by atoms with Crippen LogP contribution in [0.15, 0.2) is 42.9 Å². The minimum atomic E-state index is -0.188. The monoisotopic (exact) mass is 540 g/mol. The minimum absolute atomic E-state index is 0.136. The number of fused-ring (bicyclic) bond motifs is 1. The second-order valence-corrected chi connectivity index (χ2v) is 10.9. The molecule has 1 aliphatic carbocycles. The summed E-state index contributed by atoms with van der Waals surface area (Å²) in [5.74, 6) is 0.317. The molecule has 12 nitrogen and oxygen atoms in total. The number of aryl methyl sites for hydroxylation is 1. The number of aromatic nitrogens is 7. The number of amides is 1. The van der Waals surface area contributed by atoms with Crippen LogP contribution < -0.4 is 10.6 Å². The predicted molar refractivity (Wildman–Crippen MR) is 147 cm³/mol. The molecule has 12 heteroatoms. The van der Waals surface area contributed by atoms with E-state index in [0.717, 1.165) is 73.8 Å². The largest absolute Gasteiger partial charge is 0.378 e. The van der Waals surface area contributed by atoms with E-state index in [1.807, 2.05) is 17.7 Å². The Morgan fingerprint density at radius 2 is 2.05 bits per heavy atom. The molecule has 3 aromatic heterocycles. The quantitative estimate of drug-likeness (QED) is 0.322. The average molecular weight is 541 g/mol. The molecule has 5 heterocycles. The van der Waals surface area contributed by atoms with Gasteiger partial charge in [0.15, 0.2) is 5.69 Å². The van der Waals surface area contributed by atoms with Crippen molar-refractivity contribution in [1.82, 2.24) is 45.4 Å². The zero-order chi connectivity index (χ0) is 27.1. The molecule has 0 unspecified atom stereocenters. The Morgan fingerprint density at radius 1 is 1.15 bits per heavy atom. The number of nitrogens with zero attached hydrogens (tertiary/aromatic N) is 7. The molecule has 2 fully saturated rings. The van der Waals surface area contributed by atoms with Crippen molar-refractivity contribution in [1.29, 1.82) is 0 Å². The third-order valence-corrected chi connectivity index (χ3v) is 8.26.